The zero-order chi connectivity index (χ0) is 13.5. The number of nitrogens with zero attached hydrogens (tertiary/aromatic N) is 2. The minimum absolute atomic E-state index is 0.226. The van der Waals surface area contributed by atoms with Crippen LogP contribution >= 0.6 is 0 Å². The summed E-state index contributed by atoms with van der Waals surface area (Å²) in [5.74, 6) is -0.226. The van der Waals surface area contributed by atoms with Gasteiger partial charge in [-0.1, -0.05) is 24.3 Å². The van der Waals surface area contributed by atoms with Gasteiger partial charge in [-0.25, -0.2) is 9.07 Å². The molecule has 0 aliphatic heterocycles. The van der Waals surface area contributed by atoms with E-state index in [1.54, 1.807) is 12.1 Å². The zero-order valence-corrected chi connectivity index (χ0v) is 10.9. The lowest BCUT2D eigenvalue weighted by molar-refractivity contribution is 0.627. The fourth-order valence-electron chi connectivity index (χ4n) is 2.78. The van der Waals surface area contributed by atoms with Crippen LogP contribution in [0.4, 0.5) is 4.39 Å². The van der Waals surface area contributed by atoms with Crippen molar-refractivity contribution < 1.29 is 4.39 Å². The van der Waals surface area contributed by atoms with Crippen molar-refractivity contribution in [2.75, 3.05) is 0 Å². The van der Waals surface area contributed by atoms with E-state index < -0.39 is 0 Å². The molecule has 0 bridgehead atoms. The smallest absolute Gasteiger partial charge is 0.123 e. The molecule has 0 atom stereocenters. The third-order valence-corrected chi connectivity index (χ3v) is 3.82. The number of benzene rings is 2. The summed E-state index contributed by atoms with van der Waals surface area (Å²) >= 11 is 0. The molecule has 2 aromatic carbocycles. The standard InChI is InChI=1S/C17H13FN2/c18-14-7-9-15(10-8-14)20-11-13-6-5-12-3-1-2-4-16(12)17(13)19-20/h1-4,7-11H,5-6H2. The van der Waals surface area contributed by atoms with Gasteiger partial charge in [-0.2, -0.15) is 5.10 Å². The molecule has 0 fully saturated rings. The van der Waals surface area contributed by atoms with Crippen LogP contribution in [-0.4, -0.2) is 9.78 Å². The number of aryl methyl sites for hydroxylation is 2. The van der Waals surface area contributed by atoms with Crippen molar-refractivity contribution in [3.63, 3.8) is 0 Å². The van der Waals surface area contributed by atoms with E-state index in [0.29, 0.717) is 0 Å². The van der Waals surface area contributed by atoms with Crippen molar-refractivity contribution in [2.45, 2.75) is 12.8 Å². The Balaban J connectivity index is 1.84. The van der Waals surface area contributed by atoms with Crippen LogP contribution < -0.4 is 0 Å². The summed E-state index contributed by atoms with van der Waals surface area (Å²) in [6.07, 6.45) is 4.12. The third kappa shape index (κ3) is 1.74. The van der Waals surface area contributed by atoms with Gasteiger partial charge in [-0.05, 0) is 48.2 Å². The lowest BCUT2D eigenvalue weighted by Crippen LogP contribution is -2.01. The first-order valence-corrected chi connectivity index (χ1v) is 6.74. The van der Waals surface area contributed by atoms with E-state index in [2.05, 4.69) is 29.5 Å². The first kappa shape index (κ1) is 11.4. The summed E-state index contributed by atoms with van der Waals surface area (Å²) in [5.41, 5.74) is 5.77. The summed E-state index contributed by atoms with van der Waals surface area (Å²) in [7, 11) is 0. The fourth-order valence-corrected chi connectivity index (χ4v) is 2.78. The third-order valence-electron chi connectivity index (χ3n) is 3.82. The first-order valence-electron chi connectivity index (χ1n) is 6.74. The maximum Gasteiger partial charge on any atom is 0.123 e. The van der Waals surface area contributed by atoms with Gasteiger partial charge in [0.2, 0.25) is 0 Å². The first-order chi connectivity index (χ1) is 9.81. The van der Waals surface area contributed by atoms with Crippen LogP contribution in [0, 0.1) is 5.82 Å². The van der Waals surface area contributed by atoms with Crippen molar-refractivity contribution in [2.24, 2.45) is 0 Å². The molecule has 0 amide bonds. The van der Waals surface area contributed by atoms with Crippen molar-refractivity contribution in [1.29, 1.82) is 0 Å². The lowest BCUT2D eigenvalue weighted by atomic mass is 9.91. The Labute approximate surface area is 116 Å². The largest absolute Gasteiger partial charge is 0.240 e. The Morgan fingerprint density at radius 3 is 2.50 bits per heavy atom. The average molecular weight is 264 g/mol. The Morgan fingerprint density at radius 2 is 1.65 bits per heavy atom. The van der Waals surface area contributed by atoms with Crippen LogP contribution in [0.3, 0.4) is 0 Å². The highest BCUT2D eigenvalue weighted by molar-refractivity contribution is 5.69. The topological polar surface area (TPSA) is 17.8 Å². The van der Waals surface area contributed by atoms with Crippen molar-refractivity contribution in [3.05, 3.63) is 71.7 Å². The molecule has 0 saturated carbocycles. The second-order valence-corrected chi connectivity index (χ2v) is 5.08. The van der Waals surface area contributed by atoms with Crippen LogP contribution in [0.25, 0.3) is 16.9 Å². The van der Waals surface area contributed by atoms with Gasteiger partial charge in [0.1, 0.15) is 5.82 Å². The van der Waals surface area contributed by atoms with Crippen LogP contribution in [0.5, 0.6) is 0 Å². The van der Waals surface area contributed by atoms with E-state index in [1.807, 2.05) is 10.7 Å². The summed E-state index contributed by atoms with van der Waals surface area (Å²) in [6, 6.07) is 14.8. The van der Waals surface area contributed by atoms with Gasteiger partial charge in [-0.15, -0.1) is 0 Å². The highest BCUT2D eigenvalue weighted by Crippen LogP contribution is 2.32. The molecule has 0 spiro atoms. The molecule has 1 aliphatic rings. The molecule has 1 aromatic heterocycles. The number of aromatic nitrogens is 2. The number of hydrogen-bond donors (Lipinski definition) is 0. The molecule has 3 aromatic rings. The van der Waals surface area contributed by atoms with Crippen LogP contribution in [0.2, 0.25) is 0 Å². The summed E-state index contributed by atoms with van der Waals surface area (Å²) < 4.78 is 14.8. The Kier molecular flexibility index (Phi) is 2.46. The predicted molar refractivity (Wildman–Crippen MR) is 76.4 cm³/mol. The van der Waals surface area contributed by atoms with E-state index in [4.69, 9.17) is 0 Å². The molecule has 3 heteroatoms. The number of halogens is 1. The molecule has 98 valence electrons. The van der Waals surface area contributed by atoms with Crippen LogP contribution in [-0.2, 0) is 12.8 Å². The molecule has 0 N–H and O–H groups in total. The minimum Gasteiger partial charge on any atom is -0.240 e. The molecule has 2 nitrogen and oxygen atoms in total. The summed E-state index contributed by atoms with van der Waals surface area (Å²) in [4.78, 5) is 0. The Morgan fingerprint density at radius 1 is 0.900 bits per heavy atom. The number of rotatable bonds is 1. The van der Waals surface area contributed by atoms with Crippen LogP contribution in [0.1, 0.15) is 11.1 Å². The quantitative estimate of drug-likeness (QED) is 0.654. The fraction of sp³-hybridized carbons (Fsp3) is 0.118. The predicted octanol–water partition coefficient (Wildman–Crippen LogP) is 3.78. The molecule has 20 heavy (non-hydrogen) atoms. The summed E-state index contributed by atoms with van der Waals surface area (Å²) in [5, 5.41) is 4.69. The van der Waals surface area contributed by atoms with Crippen molar-refractivity contribution >= 4 is 0 Å². The monoisotopic (exact) mass is 264 g/mol. The molecular formula is C17H13FN2. The maximum absolute atomic E-state index is 13.0. The molecule has 1 aliphatic carbocycles. The van der Waals surface area contributed by atoms with E-state index >= 15 is 0 Å². The molecule has 0 saturated heterocycles. The van der Waals surface area contributed by atoms with Gasteiger partial charge < -0.3 is 0 Å². The maximum atomic E-state index is 13.0. The number of fused-ring (bicyclic) bond motifs is 3. The lowest BCUT2D eigenvalue weighted by Gasteiger charge is -2.13. The molecular weight excluding hydrogens is 251 g/mol. The van der Waals surface area contributed by atoms with Gasteiger partial charge in [0.25, 0.3) is 0 Å². The molecule has 4 rings (SSSR count). The van der Waals surface area contributed by atoms with Crippen molar-refractivity contribution in [3.8, 4) is 16.9 Å². The highest BCUT2D eigenvalue weighted by atomic mass is 19.1. The van der Waals surface area contributed by atoms with Gasteiger partial charge >= 0.3 is 0 Å². The Hall–Kier alpha value is -2.42. The van der Waals surface area contributed by atoms with E-state index in [0.717, 1.165) is 24.2 Å². The van der Waals surface area contributed by atoms with Gasteiger partial charge in [0, 0.05) is 11.8 Å². The van der Waals surface area contributed by atoms with Gasteiger partial charge in [0.05, 0.1) is 11.4 Å². The molecule has 0 radical (unpaired) electrons. The second kappa shape index (κ2) is 4.30. The highest BCUT2D eigenvalue weighted by Gasteiger charge is 2.19. The van der Waals surface area contributed by atoms with E-state index in [-0.39, 0.29) is 5.82 Å². The van der Waals surface area contributed by atoms with Gasteiger partial charge in [0.15, 0.2) is 0 Å². The van der Waals surface area contributed by atoms with Crippen molar-refractivity contribution in [1.82, 2.24) is 9.78 Å². The van der Waals surface area contributed by atoms with Crippen LogP contribution in [0.15, 0.2) is 54.7 Å². The Bertz CT molecular complexity index is 772. The van der Waals surface area contributed by atoms with E-state index in [1.165, 1.54) is 28.8 Å². The van der Waals surface area contributed by atoms with E-state index in [9.17, 15) is 4.39 Å². The minimum atomic E-state index is -0.226. The zero-order valence-electron chi connectivity index (χ0n) is 10.9. The number of hydrogen-bond acceptors (Lipinski definition) is 1. The SMILES string of the molecule is Fc1ccc(-n2cc3c(n2)-c2ccccc2CC3)cc1. The molecule has 1 heterocycles. The average Bonchev–Trinajstić information content (AvgIpc) is 2.92. The molecule has 0 unspecified atom stereocenters. The van der Waals surface area contributed by atoms with Gasteiger partial charge in [-0.3, -0.25) is 0 Å². The normalized spacial score (nSPS) is 12.8. The second-order valence-electron chi connectivity index (χ2n) is 5.08. The summed E-state index contributed by atoms with van der Waals surface area (Å²) in [6.45, 7) is 0.